The maximum atomic E-state index is 12.7. The van der Waals surface area contributed by atoms with Gasteiger partial charge in [-0.1, -0.05) is 12.1 Å². The molecule has 0 spiro atoms. The molecule has 1 heterocycles. The van der Waals surface area contributed by atoms with Crippen LogP contribution in [0.1, 0.15) is 12.0 Å². The van der Waals surface area contributed by atoms with Gasteiger partial charge in [0.2, 0.25) is 5.91 Å². The average molecular weight is 268 g/mol. The van der Waals surface area contributed by atoms with Crippen molar-refractivity contribution in [3.63, 3.8) is 0 Å². The van der Waals surface area contributed by atoms with Gasteiger partial charge >= 0.3 is 0 Å². The molecule has 1 atom stereocenters. The molecule has 1 aliphatic rings. The Balaban J connectivity index is 1.72. The third-order valence-electron chi connectivity index (χ3n) is 2.83. The highest BCUT2D eigenvalue weighted by molar-refractivity contribution is 7.99. The molecule has 2 rings (SSSR count). The van der Waals surface area contributed by atoms with E-state index in [9.17, 15) is 9.18 Å². The van der Waals surface area contributed by atoms with Crippen LogP contribution in [0.5, 0.6) is 0 Å². The van der Waals surface area contributed by atoms with Crippen LogP contribution in [0.25, 0.3) is 0 Å². The van der Waals surface area contributed by atoms with Gasteiger partial charge in [-0.15, -0.1) is 0 Å². The van der Waals surface area contributed by atoms with E-state index in [1.54, 1.807) is 12.1 Å². The molecule has 1 aliphatic heterocycles. The topological polar surface area (TPSA) is 41.1 Å². The molecular weight excluding hydrogens is 251 g/mol. The predicted octanol–water partition coefficient (Wildman–Crippen LogP) is 1.54. The fourth-order valence-corrected chi connectivity index (χ4v) is 2.80. The number of nitrogens with one attached hydrogen (secondary N) is 2. The first-order chi connectivity index (χ1) is 8.74. The minimum Gasteiger partial charge on any atom is -0.352 e. The zero-order valence-electron chi connectivity index (χ0n) is 10.1. The molecule has 1 aromatic carbocycles. The standard InChI is InChI=1S/C13H17FN2OS/c14-11-3-1-10(2-4-11)8-16-13(17)7-12-9-18-6-5-15-12/h1-4,12,15H,5-9H2,(H,16,17). The van der Waals surface area contributed by atoms with Crippen molar-refractivity contribution in [3.05, 3.63) is 35.6 Å². The fraction of sp³-hybridized carbons (Fsp3) is 0.462. The van der Waals surface area contributed by atoms with Gasteiger partial charge in [-0.3, -0.25) is 4.79 Å². The normalized spacial score (nSPS) is 19.5. The molecule has 0 aromatic heterocycles. The van der Waals surface area contributed by atoms with E-state index in [4.69, 9.17) is 0 Å². The summed E-state index contributed by atoms with van der Waals surface area (Å²) in [6.07, 6.45) is 0.508. The third kappa shape index (κ3) is 4.31. The molecule has 1 unspecified atom stereocenters. The molecule has 98 valence electrons. The number of thioether (sulfide) groups is 1. The molecule has 3 nitrogen and oxygen atoms in total. The lowest BCUT2D eigenvalue weighted by atomic mass is 10.2. The number of amides is 1. The monoisotopic (exact) mass is 268 g/mol. The smallest absolute Gasteiger partial charge is 0.221 e. The molecule has 1 saturated heterocycles. The molecule has 0 radical (unpaired) electrons. The van der Waals surface area contributed by atoms with Crippen LogP contribution in [0.4, 0.5) is 4.39 Å². The largest absolute Gasteiger partial charge is 0.352 e. The van der Waals surface area contributed by atoms with Crippen LogP contribution in [0.3, 0.4) is 0 Å². The maximum Gasteiger partial charge on any atom is 0.221 e. The van der Waals surface area contributed by atoms with Crippen LogP contribution in [0.2, 0.25) is 0 Å². The van der Waals surface area contributed by atoms with Crippen molar-refractivity contribution in [1.82, 2.24) is 10.6 Å². The fourth-order valence-electron chi connectivity index (χ4n) is 1.85. The van der Waals surface area contributed by atoms with Crippen LogP contribution in [-0.2, 0) is 11.3 Å². The van der Waals surface area contributed by atoms with Gasteiger partial charge in [0.05, 0.1) is 0 Å². The summed E-state index contributed by atoms with van der Waals surface area (Å²) in [6, 6.07) is 6.45. The van der Waals surface area contributed by atoms with Crippen LogP contribution >= 0.6 is 11.8 Å². The summed E-state index contributed by atoms with van der Waals surface area (Å²) in [5.74, 6) is 1.89. The van der Waals surface area contributed by atoms with Gasteiger partial charge in [0.15, 0.2) is 0 Å². The summed E-state index contributed by atoms with van der Waals surface area (Å²) in [7, 11) is 0. The Morgan fingerprint density at radius 1 is 1.44 bits per heavy atom. The molecule has 1 aromatic rings. The summed E-state index contributed by atoms with van der Waals surface area (Å²) >= 11 is 1.88. The summed E-state index contributed by atoms with van der Waals surface area (Å²) < 4.78 is 12.7. The Bertz CT molecular complexity index is 390. The summed E-state index contributed by atoms with van der Waals surface area (Å²) in [4.78, 5) is 11.7. The second kappa shape index (κ2) is 6.75. The van der Waals surface area contributed by atoms with Crippen molar-refractivity contribution in [2.24, 2.45) is 0 Å². The number of hydrogen-bond acceptors (Lipinski definition) is 3. The van der Waals surface area contributed by atoms with Gasteiger partial charge < -0.3 is 10.6 Å². The first kappa shape index (κ1) is 13.4. The zero-order valence-corrected chi connectivity index (χ0v) is 10.9. The average Bonchev–Trinajstić information content (AvgIpc) is 2.39. The highest BCUT2D eigenvalue weighted by Crippen LogP contribution is 2.10. The number of hydrogen-bond donors (Lipinski definition) is 2. The molecule has 0 saturated carbocycles. The van der Waals surface area contributed by atoms with E-state index in [1.165, 1.54) is 12.1 Å². The number of rotatable bonds is 4. The molecule has 1 fully saturated rings. The first-order valence-corrected chi connectivity index (χ1v) is 7.22. The van der Waals surface area contributed by atoms with Gasteiger partial charge in [0.1, 0.15) is 5.82 Å². The molecule has 0 bridgehead atoms. The Morgan fingerprint density at radius 2 is 2.22 bits per heavy atom. The lowest BCUT2D eigenvalue weighted by molar-refractivity contribution is -0.121. The van der Waals surface area contributed by atoms with Crippen molar-refractivity contribution in [3.8, 4) is 0 Å². The molecule has 5 heteroatoms. The van der Waals surface area contributed by atoms with Crippen molar-refractivity contribution in [1.29, 1.82) is 0 Å². The van der Waals surface area contributed by atoms with Gasteiger partial charge in [0, 0.05) is 37.1 Å². The van der Waals surface area contributed by atoms with E-state index in [2.05, 4.69) is 10.6 Å². The summed E-state index contributed by atoms with van der Waals surface area (Å²) in [6.45, 7) is 1.43. The van der Waals surface area contributed by atoms with Crippen LogP contribution in [-0.4, -0.2) is 30.0 Å². The van der Waals surface area contributed by atoms with Gasteiger partial charge in [-0.2, -0.15) is 11.8 Å². The van der Waals surface area contributed by atoms with E-state index >= 15 is 0 Å². The summed E-state index contributed by atoms with van der Waals surface area (Å²) in [5, 5.41) is 6.18. The maximum absolute atomic E-state index is 12.7. The van der Waals surface area contributed by atoms with Crippen molar-refractivity contribution >= 4 is 17.7 Å². The number of halogens is 1. The predicted molar refractivity (Wildman–Crippen MR) is 72.0 cm³/mol. The van der Waals surface area contributed by atoms with Crippen LogP contribution in [0.15, 0.2) is 24.3 Å². The van der Waals surface area contributed by atoms with E-state index < -0.39 is 0 Å². The Morgan fingerprint density at radius 3 is 2.89 bits per heavy atom. The van der Waals surface area contributed by atoms with Crippen LogP contribution < -0.4 is 10.6 Å². The quantitative estimate of drug-likeness (QED) is 0.870. The second-order valence-corrected chi connectivity index (χ2v) is 5.48. The van der Waals surface area contributed by atoms with Crippen molar-refractivity contribution in [2.75, 3.05) is 18.1 Å². The Labute approximate surface area is 111 Å². The SMILES string of the molecule is O=C(CC1CSCCN1)NCc1ccc(F)cc1. The van der Waals surface area contributed by atoms with Crippen LogP contribution in [0, 0.1) is 5.82 Å². The second-order valence-electron chi connectivity index (χ2n) is 4.33. The summed E-state index contributed by atoms with van der Waals surface area (Å²) in [5.41, 5.74) is 0.913. The van der Waals surface area contributed by atoms with E-state index in [0.29, 0.717) is 13.0 Å². The van der Waals surface area contributed by atoms with Gasteiger partial charge in [-0.25, -0.2) is 4.39 Å². The van der Waals surface area contributed by atoms with Gasteiger partial charge in [0.25, 0.3) is 0 Å². The third-order valence-corrected chi connectivity index (χ3v) is 3.96. The first-order valence-electron chi connectivity index (χ1n) is 6.06. The van der Waals surface area contributed by atoms with E-state index in [0.717, 1.165) is 23.6 Å². The minimum absolute atomic E-state index is 0.0410. The van der Waals surface area contributed by atoms with Crippen molar-refractivity contribution < 1.29 is 9.18 Å². The van der Waals surface area contributed by atoms with Crippen molar-refractivity contribution in [2.45, 2.75) is 19.0 Å². The molecule has 0 aliphatic carbocycles. The zero-order chi connectivity index (χ0) is 12.8. The lowest BCUT2D eigenvalue weighted by Crippen LogP contribution is -2.41. The van der Waals surface area contributed by atoms with Gasteiger partial charge in [-0.05, 0) is 17.7 Å². The number of carbonyl (C=O) groups excluding carboxylic acids is 1. The number of benzene rings is 1. The molecule has 1 amide bonds. The highest BCUT2D eigenvalue weighted by Gasteiger charge is 2.16. The Kier molecular flexibility index (Phi) is 5.01. The molecular formula is C13H17FN2OS. The van der Waals surface area contributed by atoms with E-state index in [1.807, 2.05) is 11.8 Å². The number of carbonyl (C=O) groups is 1. The lowest BCUT2D eigenvalue weighted by Gasteiger charge is -2.22. The minimum atomic E-state index is -0.256. The Hall–Kier alpha value is -1.07. The molecule has 18 heavy (non-hydrogen) atoms. The van der Waals surface area contributed by atoms with E-state index in [-0.39, 0.29) is 17.8 Å². The highest BCUT2D eigenvalue weighted by atomic mass is 32.2. The molecule has 2 N–H and O–H groups in total.